The van der Waals surface area contributed by atoms with Gasteiger partial charge in [0.2, 0.25) is 0 Å². The highest BCUT2D eigenvalue weighted by molar-refractivity contribution is 8.08. The molecule has 4 N–H and O–H groups in total. The van der Waals surface area contributed by atoms with Gasteiger partial charge in [-0.05, 0) is 31.6 Å². The number of hydrogen-bond acceptors (Lipinski definition) is 9. The summed E-state index contributed by atoms with van der Waals surface area (Å²) in [7, 11) is 1.26. The Morgan fingerprint density at radius 1 is 1.56 bits per heavy atom. The minimum atomic E-state index is -3.35. The summed E-state index contributed by atoms with van der Waals surface area (Å²) in [5.41, 5.74) is 6.91. The second kappa shape index (κ2) is 8.13. The van der Waals surface area contributed by atoms with Gasteiger partial charge >= 0.3 is 5.97 Å². The third kappa shape index (κ3) is 4.60. The van der Waals surface area contributed by atoms with Crippen molar-refractivity contribution in [1.82, 2.24) is 24.6 Å². The maximum absolute atomic E-state index is 11.4. The highest BCUT2D eigenvalue weighted by atomic mass is 32.5. The van der Waals surface area contributed by atoms with Crippen molar-refractivity contribution >= 4 is 41.4 Å². The number of nitrogens with two attached hydrogens (primary N) is 1. The van der Waals surface area contributed by atoms with Crippen LogP contribution >= 0.6 is 6.64 Å². The van der Waals surface area contributed by atoms with Crippen LogP contribution in [0, 0.1) is 0 Å². The van der Waals surface area contributed by atoms with E-state index < -0.39 is 18.7 Å². The molecule has 2 aromatic heterocycles. The minimum Gasteiger partial charge on any atom is -0.468 e. The molecule has 3 rings (SSSR count). The predicted octanol–water partition coefficient (Wildman–Crippen LogP) is 0.471. The fourth-order valence-electron chi connectivity index (χ4n) is 2.79. The lowest BCUT2D eigenvalue weighted by Crippen LogP contribution is -2.33. The lowest BCUT2D eigenvalue weighted by molar-refractivity contribution is -0.142. The topological polar surface area (TPSA) is 147 Å². The van der Waals surface area contributed by atoms with Crippen LogP contribution in [0.1, 0.15) is 26.0 Å². The van der Waals surface area contributed by atoms with Gasteiger partial charge in [-0.1, -0.05) is 0 Å². The number of nitrogens with zero attached hydrogens (tertiary/aromatic N) is 4. The molecular formula is C14H21N6O5PS. The fourth-order valence-corrected chi connectivity index (χ4v) is 4.49. The predicted molar refractivity (Wildman–Crippen MR) is 99.9 cm³/mol. The zero-order chi connectivity index (χ0) is 19.6. The van der Waals surface area contributed by atoms with E-state index in [0.29, 0.717) is 29.8 Å². The first-order valence-electron chi connectivity index (χ1n) is 8.22. The Morgan fingerprint density at radius 2 is 2.33 bits per heavy atom. The van der Waals surface area contributed by atoms with Crippen LogP contribution in [0.4, 0.5) is 5.82 Å². The minimum absolute atomic E-state index is 0.0922. The molecule has 1 aliphatic rings. The van der Waals surface area contributed by atoms with E-state index in [2.05, 4.69) is 24.8 Å². The summed E-state index contributed by atoms with van der Waals surface area (Å²) < 4.78 is 17.8. The zero-order valence-corrected chi connectivity index (χ0v) is 16.5. The number of nitrogens with one attached hydrogen (secondary N) is 1. The van der Waals surface area contributed by atoms with E-state index in [9.17, 15) is 9.69 Å². The summed E-state index contributed by atoms with van der Waals surface area (Å²) in [5, 5.41) is 2.58. The van der Waals surface area contributed by atoms with Crippen LogP contribution in [0.15, 0.2) is 12.7 Å². The van der Waals surface area contributed by atoms with E-state index >= 15 is 0 Å². The average molecular weight is 416 g/mol. The van der Waals surface area contributed by atoms with Gasteiger partial charge < -0.3 is 24.6 Å². The van der Waals surface area contributed by atoms with Crippen LogP contribution < -0.4 is 10.8 Å². The summed E-state index contributed by atoms with van der Waals surface area (Å²) in [6.07, 6.45) is 3.85. The highest BCUT2D eigenvalue weighted by Crippen LogP contribution is 2.40. The van der Waals surface area contributed by atoms with Gasteiger partial charge in [0.1, 0.15) is 24.1 Å². The van der Waals surface area contributed by atoms with E-state index in [1.165, 1.54) is 20.4 Å². The number of aromatic nitrogens is 4. The van der Waals surface area contributed by atoms with Crippen molar-refractivity contribution in [1.29, 1.82) is 0 Å². The van der Waals surface area contributed by atoms with Gasteiger partial charge in [-0.3, -0.25) is 9.36 Å². The van der Waals surface area contributed by atoms with E-state index in [1.807, 2.05) is 0 Å². The van der Waals surface area contributed by atoms with Crippen LogP contribution in [0.5, 0.6) is 0 Å². The number of fused-ring (bicyclic) bond motifs is 1. The largest absolute Gasteiger partial charge is 0.468 e. The zero-order valence-electron chi connectivity index (χ0n) is 14.8. The molecule has 0 aromatic carbocycles. The molecule has 1 saturated heterocycles. The van der Waals surface area contributed by atoms with Crippen LogP contribution in [-0.4, -0.2) is 56.2 Å². The van der Waals surface area contributed by atoms with E-state index in [0.717, 1.165) is 0 Å². The standard InChI is InChI=1S/C14H21N6O5PS/c1-8(14(21)23-2)19-26(22,27)24-5-9-3-4-10(25-9)20-7-18-11-12(15)16-6-17-13(11)20/h6-10H,3-5H2,1-2H3,(H2,15,16,17)(H2,19,22,27)/t8-,9-,10+,26?/m0/s1. The Kier molecular flexibility index (Phi) is 6.04. The third-order valence-corrected chi connectivity index (χ3v) is 5.97. The van der Waals surface area contributed by atoms with Gasteiger partial charge in [-0.25, -0.2) is 20.0 Å². The normalized spacial score (nSPS) is 23.2. The number of rotatable bonds is 7. The number of ether oxygens (including phenoxy) is 2. The molecule has 1 aliphatic heterocycles. The molecule has 13 heteroatoms. The van der Waals surface area contributed by atoms with Crippen molar-refractivity contribution in [3.8, 4) is 0 Å². The number of methoxy groups -OCH3 is 1. The number of carbonyl (C=O) groups is 1. The first-order chi connectivity index (χ1) is 12.8. The van der Waals surface area contributed by atoms with Gasteiger partial charge in [0.25, 0.3) is 6.64 Å². The monoisotopic (exact) mass is 416 g/mol. The van der Waals surface area contributed by atoms with Gasteiger partial charge in [0, 0.05) is 0 Å². The van der Waals surface area contributed by atoms with E-state index in [1.54, 1.807) is 10.9 Å². The fraction of sp³-hybridized carbons (Fsp3) is 0.571. The van der Waals surface area contributed by atoms with Crippen molar-refractivity contribution in [3.05, 3.63) is 12.7 Å². The number of anilines is 1. The Hall–Kier alpha value is -1.69. The number of nitrogen functional groups attached to an aromatic ring is 1. The van der Waals surface area contributed by atoms with E-state index in [4.69, 9.17) is 26.8 Å². The molecule has 2 aromatic rings. The summed E-state index contributed by atoms with van der Waals surface area (Å²) >= 11 is 5.03. The molecule has 27 heavy (non-hydrogen) atoms. The summed E-state index contributed by atoms with van der Waals surface area (Å²) in [4.78, 5) is 34.0. The molecule has 0 amide bonds. The van der Waals surface area contributed by atoms with Crippen molar-refractivity contribution < 1.29 is 23.7 Å². The smallest absolute Gasteiger partial charge is 0.323 e. The number of esters is 1. The van der Waals surface area contributed by atoms with Gasteiger partial charge in [-0.15, -0.1) is 0 Å². The second-order valence-electron chi connectivity index (χ2n) is 6.06. The number of carbonyl (C=O) groups excluding carboxylic acids is 1. The molecular weight excluding hydrogens is 395 g/mol. The molecule has 1 unspecified atom stereocenters. The Labute approximate surface area is 160 Å². The summed E-state index contributed by atoms with van der Waals surface area (Å²) in [6, 6.07) is -0.773. The van der Waals surface area contributed by atoms with Crippen molar-refractivity contribution in [2.45, 2.75) is 38.1 Å². The van der Waals surface area contributed by atoms with Crippen LogP contribution in [0.2, 0.25) is 0 Å². The highest BCUT2D eigenvalue weighted by Gasteiger charge is 2.30. The molecule has 148 valence electrons. The molecule has 0 spiro atoms. The van der Waals surface area contributed by atoms with Gasteiger partial charge in [0.15, 0.2) is 11.5 Å². The molecule has 0 radical (unpaired) electrons. The van der Waals surface area contributed by atoms with Crippen molar-refractivity contribution in [2.24, 2.45) is 0 Å². The molecule has 3 heterocycles. The molecule has 4 atom stereocenters. The lowest BCUT2D eigenvalue weighted by atomic mass is 10.2. The summed E-state index contributed by atoms with van der Waals surface area (Å²) in [6.45, 7) is -1.72. The lowest BCUT2D eigenvalue weighted by Gasteiger charge is -2.22. The van der Waals surface area contributed by atoms with Crippen molar-refractivity contribution in [3.63, 3.8) is 0 Å². The second-order valence-corrected chi connectivity index (χ2v) is 9.11. The molecule has 1 fully saturated rings. The summed E-state index contributed by atoms with van der Waals surface area (Å²) in [5.74, 6) is -0.226. The Balaban J connectivity index is 1.57. The van der Waals surface area contributed by atoms with Crippen molar-refractivity contribution in [2.75, 3.05) is 19.5 Å². The molecule has 0 bridgehead atoms. The van der Waals surface area contributed by atoms with Crippen LogP contribution in [-0.2, 0) is 30.6 Å². The number of imidazole rings is 1. The Bertz CT molecular complexity index is 879. The first-order valence-corrected chi connectivity index (χ1v) is 10.9. The van der Waals surface area contributed by atoms with Crippen LogP contribution in [0.25, 0.3) is 11.2 Å². The quantitative estimate of drug-likeness (QED) is 0.427. The first kappa shape index (κ1) is 20.1. The number of hydrogen-bond donors (Lipinski definition) is 3. The maximum Gasteiger partial charge on any atom is 0.323 e. The average Bonchev–Trinajstić information content (AvgIpc) is 3.26. The van der Waals surface area contributed by atoms with Gasteiger partial charge in [0.05, 0.1) is 26.1 Å². The van der Waals surface area contributed by atoms with E-state index in [-0.39, 0.29) is 18.9 Å². The van der Waals surface area contributed by atoms with Crippen LogP contribution in [0.3, 0.4) is 0 Å². The molecule has 0 aliphatic carbocycles. The molecule has 0 saturated carbocycles. The SMILES string of the molecule is COC(=O)[C@H](C)NP(O)(=S)OC[C@@H]1CC[C@H](n2cnc3c(N)ncnc32)O1. The maximum atomic E-state index is 11.4. The molecule has 11 nitrogen and oxygen atoms in total. The third-order valence-electron chi connectivity index (χ3n) is 4.13. The Morgan fingerprint density at radius 3 is 3.07 bits per heavy atom. The van der Waals surface area contributed by atoms with Gasteiger partial charge in [-0.2, -0.15) is 0 Å².